The fraction of sp³-hybridized carbons (Fsp3) is 0.435. The largest absolute Gasteiger partial charge is 0.493 e. The van der Waals surface area contributed by atoms with Crippen molar-refractivity contribution < 1.29 is 19.0 Å². The number of hydrogen-bond donors (Lipinski definition) is 1. The topological polar surface area (TPSA) is 56.8 Å². The molecule has 0 saturated heterocycles. The molecule has 0 aliphatic rings. The molecule has 5 nitrogen and oxygen atoms in total. The van der Waals surface area contributed by atoms with Gasteiger partial charge < -0.3 is 19.5 Å². The van der Waals surface area contributed by atoms with Crippen LogP contribution in [0.25, 0.3) is 0 Å². The van der Waals surface area contributed by atoms with Crippen LogP contribution in [-0.4, -0.2) is 33.3 Å². The second-order valence-electron chi connectivity index (χ2n) is 6.71. The molecule has 1 N–H and O–H groups in total. The van der Waals surface area contributed by atoms with Gasteiger partial charge in [0.2, 0.25) is 5.91 Å². The smallest absolute Gasteiger partial charge is 0.220 e. The Morgan fingerprint density at radius 2 is 1.71 bits per heavy atom. The minimum Gasteiger partial charge on any atom is -0.493 e. The van der Waals surface area contributed by atoms with Gasteiger partial charge in [0, 0.05) is 13.5 Å². The normalized spacial score (nSPS) is 11.7. The van der Waals surface area contributed by atoms with Gasteiger partial charge in [0.25, 0.3) is 0 Å². The van der Waals surface area contributed by atoms with Gasteiger partial charge in [0.15, 0.2) is 11.5 Å². The Morgan fingerprint density at radius 1 is 1.00 bits per heavy atom. The number of nitrogens with one attached hydrogen (secondary N) is 1. The Morgan fingerprint density at radius 3 is 2.36 bits per heavy atom. The molecular formula is C23H31NO4. The summed E-state index contributed by atoms with van der Waals surface area (Å²) in [5.74, 6) is 1.34. The van der Waals surface area contributed by atoms with Gasteiger partial charge in [0.05, 0.1) is 19.8 Å². The van der Waals surface area contributed by atoms with E-state index in [2.05, 4.69) is 36.5 Å². The number of methoxy groups -OCH3 is 2. The summed E-state index contributed by atoms with van der Waals surface area (Å²) in [6.07, 6.45) is 2.22. The second-order valence-corrected chi connectivity index (χ2v) is 6.71. The second kappa shape index (κ2) is 11.3. The zero-order chi connectivity index (χ0) is 20.4. The molecule has 1 atom stereocenters. The van der Waals surface area contributed by atoms with Gasteiger partial charge >= 0.3 is 0 Å². The van der Waals surface area contributed by atoms with E-state index in [1.165, 1.54) is 11.1 Å². The maximum Gasteiger partial charge on any atom is 0.220 e. The van der Waals surface area contributed by atoms with Gasteiger partial charge in [-0.05, 0) is 48.6 Å². The molecule has 0 bridgehead atoms. The number of carbonyl (C=O) groups is 1. The quantitative estimate of drug-likeness (QED) is 0.592. The van der Waals surface area contributed by atoms with Crippen molar-refractivity contribution in [1.29, 1.82) is 0 Å². The van der Waals surface area contributed by atoms with Crippen molar-refractivity contribution >= 4 is 5.91 Å². The van der Waals surface area contributed by atoms with E-state index >= 15 is 0 Å². The molecule has 2 rings (SSSR count). The SMILES string of the molecule is CCc1ccc(CCC(=O)NC(C)c2ccc(OCCOC)c(OC)c2)cc1. The molecule has 5 heteroatoms. The van der Waals surface area contributed by atoms with Crippen LogP contribution in [0, 0.1) is 0 Å². The number of carbonyl (C=O) groups excluding carboxylic acids is 1. The molecule has 0 heterocycles. The first-order valence-electron chi connectivity index (χ1n) is 9.74. The lowest BCUT2D eigenvalue weighted by molar-refractivity contribution is -0.121. The number of aryl methyl sites for hydroxylation is 2. The van der Waals surface area contributed by atoms with Crippen LogP contribution in [0.4, 0.5) is 0 Å². The lowest BCUT2D eigenvalue weighted by Gasteiger charge is -2.17. The monoisotopic (exact) mass is 385 g/mol. The highest BCUT2D eigenvalue weighted by Gasteiger charge is 2.13. The molecule has 28 heavy (non-hydrogen) atoms. The Kier molecular flexibility index (Phi) is 8.82. The van der Waals surface area contributed by atoms with E-state index in [9.17, 15) is 4.79 Å². The van der Waals surface area contributed by atoms with Gasteiger partial charge in [0.1, 0.15) is 6.61 Å². The standard InChI is InChI=1S/C23H31NO4/c1-5-18-6-8-19(9-7-18)10-13-23(25)24-17(2)20-11-12-21(22(16-20)27-4)28-15-14-26-3/h6-9,11-12,16-17H,5,10,13-15H2,1-4H3,(H,24,25). The molecule has 152 valence electrons. The van der Waals surface area contributed by atoms with Crippen LogP contribution in [0.3, 0.4) is 0 Å². The summed E-state index contributed by atoms with van der Waals surface area (Å²) in [6.45, 7) is 5.07. The maximum absolute atomic E-state index is 12.3. The minimum atomic E-state index is -0.114. The van der Waals surface area contributed by atoms with E-state index in [1.54, 1.807) is 14.2 Å². The highest BCUT2D eigenvalue weighted by Crippen LogP contribution is 2.30. The molecule has 0 spiro atoms. The number of hydrogen-bond acceptors (Lipinski definition) is 4. The summed E-state index contributed by atoms with van der Waals surface area (Å²) in [6, 6.07) is 14.0. The predicted octanol–water partition coefficient (Wildman–Crippen LogP) is 4.09. The van der Waals surface area contributed by atoms with Crippen molar-refractivity contribution in [3.05, 3.63) is 59.2 Å². The molecule has 0 fully saturated rings. The van der Waals surface area contributed by atoms with Crippen LogP contribution in [0.15, 0.2) is 42.5 Å². The van der Waals surface area contributed by atoms with Gasteiger partial charge in [-0.3, -0.25) is 4.79 Å². The maximum atomic E-state index is 12.3. The molecule has 1 amide bonds. The van der Waals surface area contributed by atoms with Crippen LogP contribution in [0.1, 0.15) is 43.0 Å². The van der Waals surface area contributed by atoms with Crippen molar-refractivity contribution in [2.24, 2.45) is 0 Å². The fourth-order valence-corrected chi connectivity index (χ4v) is 2.90. The Balaban J connectivity index is 1.89. The van der Waals surface area contributed by atoms with Gasteiger partial charge in [-0.2, -0.15) is 0 Å². The van der Waals surface area contributed by atoms with E-state index < -0.39 is 0 Å². The summed E-state index contributed by atoms with van der Waals surface area (Å²) in [5, 5.41) is 3.06. The summed E-state index contributed by atoms with van der Waals surface area (Å²) < 4.78 is 16.1. The van der Waals surface area contributed by atoms with Crippen LogP contribution in [0.2, 0.25) is 0 Å². The summed E-state index contributed by atoms with van der Waals surface area (Å²) in [7, 11) is 3.24. The number of benzene rings is 2. The number of ether oxygens (including phenoxy) is 3. The lowest BCUT2D eigenvalue weighted by Crippen LogP contribution is -2.26. The summed E-state index contributed by atoms with van der Waals surface area (Å²) >= 11 is 0. The van der Waals surface area contributed by atoms with Crippen molar-refractivity contribution in [3.8, 4) is 11.5 Å². The van der Waals surface area contributed by atoms with Gasteiger partial charge in [-0.1, -0.05) is 37.3 Å². The summed E-state index contributed by atoms with van der Waals surface area (Å²) in [4.78, 5) is 12.3. The van der Waals surface area contributed by atoms with Crippen molar-refractivity contribution in [3.63, 3.8) is 0 Å². The Bertz CT molecular complexity index is 743. The molecule has 2 aromatic rings. The predicted molar refractivity (Wildman–Crippen MR) is 111 cm³/mol. The summed E-state index contributed by atoms with van der Waals surface area (Å²) in [5.41, 5.74) is 3.46. The first-order valence-corrected chi connectivity index (χ1v) is 9.74. The van der Waals surface area contributed by atoms with Crippen molar-refractivity contribution in [1.82, 2.24) is 5.32 Å². The average Bonchev–Trinajstić information content (AvgIpc) is 2.72. The Hall–Kier alpha value is -2.53. The number of rotatable bonds is 11. The molecule has 0 radical (unpaired) electrons. The highest BCUT2D eigenvalue weighted by molar-refractivity contribution is 5.76. The van der Waals surface area contributed by atoms with Gasteiger partial charge in [-0.15, -0.1) is 0 Å². The third kappa shape index (κ3) is 6.57. The molecule has 0 aromatic heterocycles. The van der Waals surface area contributed by atoms with Crippen molar-refractivity contribution in [2.75, 3.05) is 27.4 Å². The average molecular weight is 386 g/mol. The minimum absolute atomic E-state index is 0.0338. The zero-order valence-corrected chi connectivity index (χ0v) is 17.3. The molecular weight excluding hydrogens is 354 g/mol. The fourth-order valence-electron chi connectivity index (χ4n) is 2.90. The molecule has 0 saturated carbocycles. The van der Waals surface area contributed by atoms with Crippen LogP contribution in [-0.2, 0) is 22.4 Å². The number of amides is 1. The molecule has 1 unspecified atom stereocenters. The Labute approximate surface area is 168 Å². The lowest BCUT2D eigenvalue weighted by atomic mass is 10.0. The van der Waals surface area contributed by atoms with E-state index in [1.807, 2.05) is 25.1 Å². The molecule has 2 aromatic carbocycles. The van der Waals surface area contributed by atoms with Crippen LogP contribution < -0.4 is 14.8 Å². The first kappa shape index (κ1) is 21.8. The van der Waals surface area contributed by atoms with E-state index in [4.69, 9.17) is 14.2 Å². The highest BCUT2D eigenvalue weighted by atomic mass is 16.5. The van der Waals surface area contributed by atoms with E-state index in [-0.39, 0.29) is 11.9 Å². The first-order chi connectivity index (χ1) is 13.6. The molecule has 0 aliphatic carbocycles. The van der Waals surface area contributed by atoms with Crippen molar-refractivity contribution in [2.45, 2.75) is 39.2 Å². The van der Waals surface area contributed by atoms with Crippen LogP contribution in [0.5, 0.6) is 11.5 Å². The van der Waals surface area contributed by atoms with E-state index in [0.29, 0.717) is 31.1 Å². The van der Waals surface area contributed by atoms with Gasteiger partial charge in [-0.25, -0.2) is 0 Å². The third-order valence-corrected chi connectivity index (χ3v) is 4.68. The van der Waals surface area contributed by atoms with E-state index in [0.717, 1.165) is 18.4 Å². The zero-order valence-electron chi connectivity index (χ0n) is 17.3. The molecule has 0 aliphatic heterocycles. The van der Waals surface area contributed by atoms with Crippen LogP contribution >= 0.6 is 0 Å². The third-order valence-electron chi connectivity index (χ3n) is 4.68.